The quantitative estimate of drug-likeness (QED) is 0.222. The van der Waals surface area contributed by atoms with E-state index in [1.54, 1.807) is 0 Å². The molecular formula is C7H13N3O4S. The summed E-state index contributed by atoms with van der Waals surface area (Å²) in [4.78, 5) is 1.33. The Morgan fingerprint density at radius 3 is 2.60 bits per heavy atom. The highest BCUT2D eigenvalue weighted by Gasteiger charge is 2.49. The number of azide groups is 1. The standard InChI is InChI=1S/C7H13N3O4S/c1-7(15)6(9-10-8)5(13)4(12)3(2-11)14-7/h3-6,11-13,15H,2H2,1H3/t3-,4-,5+,6-,7+/m1/s1. The summed E-state index contributed by atoms with van der Waals surface area (Å²) in [6.07, 6.45) is -3.55. The third kappa shape index (κ3) is 2.36. The number of aliphatic hydroxyl groups is 3. The monoisotopic (exact) mass is 235 g/mol. The maximum atomic E-state index is 9.65. The van der Waals surface area contributed by atoms with Crippen molar-refractivity contribution in [3.63, 3.8) is 0 Å². The van der Waals surface area contributed by atoms with E-state index in [1.807, 2.05) is 0 Å². The summed E-state index contributed by atoms with van der Waals surface area (Å²) >= 11 is 4.09. The fourth-order valence-electron chi connectivity index (χ4n) is 1.55. The van der Waals surface area contributed by atoms with Gasteiger partial charge in [0.2, 0.25) is 0 Å². The summed E-state index contributed by atoms with van der Waals surface area (Å²) < 4.78 is 5.21. The highest BCUT2D eigenvalue weighted by molar-refractivity contribution is 7.81. The van der Waals surface area contributed by atoms with Gasteiger partial charge in [-0.15, -0.1) is 12.6 Å². The lowest BCUT2D eigenvalue weighted by Crippen LogP contribution is -2.61. The molecule has 1 saturated heterocycles. The molecule has 5 atom stereocenters. The van der Waals surface area contributed by atoms with Gasteiger partial charge in [0.1, 0.15) is 23.2 Å². The van der Waals surface area contributed by atoms with Crippen LogP contribution in [0.25, 0.3) is 10.4 Å². The van der Waals surface area contributed by atoms with Crippen molar-refractivity contribution in [3.05, 3.63) is 10.4 Å². The molecule has 0 spiro atoms. The van der Waals surface area contributed by atoms with Crippen LogP contribution >= 0.6 is 12.6 Å². The van der Waals surface area contributed by atoms with Crippen molar-refractivity contribution in [2.75, 3.05) is 6.61 Å². The number of ether oxygens (including phenoxy) is 1. The van der Waals surface area contributed by atoms with Gasteiger partial charge in [-0.05, 0) is 12.5 Å². The van der Waals surface area contributed by atoms with Gasteiger partial charge in [0.25, 0.3) is 0 Å². The molecular weight excluding hydrogens is 222 g/mol. The SMILES string of the molecule is C[C@@]1(S)O[C@H](CO)[C@@H](O)[C@H](O)[C@H]1N=[N+]=[N-]. The van der Waals surface area contributed by atoms with Crippen LogP contribution in [0.3, 0.4) is 0 Å². The second-order valence-electron chi connectivity index (χ2n) is 3.52. The van der Waals surface area contributed by atoms with Gasteiger partial charge >= 0.3 is 0 Å². The minimum atomic E-state index is -1.31. The molecule has 0 saturated carbocycles. The van der Waals surface area contributed by atoms with Crippen LogP contribution in [0, 0.1) is 0 Å². The molecule has 15 heavy (non-hydrogen) atoms. The lowest BCUT2D eigenvalue weighted by molar-refractivity contribution is -0.195. The maximum absolute atomic E-state index is 9.65. The Balaban J connectivity index is 2.95. The van der Waals surface area contributed by atoms with Crippen LogP contribution in [-0.4, -0.2) is 51.2 Å². The Hall–Kier alpha value is -0.500. The summed E-state index contributed by atoms with van der Waals surface area (Å²) in [6.45, 7) is 1.05. The Kier molecular flexibility index (Phi) is 3.82. The molecule has 1 fully saturated rings. The Labute approximate surface area is 91.7 Å². The van der Waals surface area contributed by atoms with Crippen LogP contribution in [0.1, 0.15) is 6.92 Å². The maximum Gasteiger partial charge on any atom is 0.119 e. The largest absolute Gasteiger partial charge is 0.394 e. The van der Waals surface area contributed by atoms with E-state index >= 15 is 0 Å². The van der Waals surface area contributed by atoms with Crippen molar-refractivity contribution < 1.29 is 20.1 Å². The first-order valence-electron chi connectivity index (χ1n) is 4.35. The molecule has 1 heterocycles. The van der Waals surface area contributed by atoms with Crippen LogP contribution in [-0.2, 0) is 4.74 Å². The van der Waals surface area contributed by atoms with E-state index in [2.05, 4.69) is 22.7 Å². The molecule has 0 aromatic rings. The molecule has 0 aliphatic carbocycles. The van der Waals surface area contributed by atoms with E-state index in [0.29, 0.717) is 0 Å². The number of hydrogen-bond acceptors (Lipinski definition) is 6. The van der Waals surface area contributed by atoms with Crippen LogP contribution in [0.15, 0.2) is 5.11 Å². The number of nitrogens with zero attached hydrogens (tertiary/aromatic N) is 3. The molecule has 1 rings (SSSR count). The molecule has 0 aromatic heterocycles. The third-order valence-electron chi connectivity index (χ3n) is 2.35. The molecule has 86 valence electrons. The minimum Gasteiger partial charge on any atom is -0.394 e. The number of hydrogen-bond donors (Lipinski definition) is 4. The third-order valence-corrected chi connectivity index (χ3v) is 2.72. The van der Waals surface area contributed by atoms with E-state index in [0.717, 1.165) is 0 Å². The predicted octanol–water partition coefficient (Wildman–Crippen LogP) is -0.576. The van der Waals surface area contributed by atoms with Gasteiger partial charge < -0.3 is 20.1 Å². The summed E-state index contributed by atoms with van der Waals surface area (Å²) in [5.74, 6) is 0. The Morgan fingerprint density at radius 1 is 1.53 bits per heavy atom. The van der Waals surface area contributed by atoms with Crippen molar-refractivity contribution in [2.24, 2.45) is 5.11 Å². The Morgan fingerprint density at radius 2 is 2.13 bits per heavy atom. The fourth-order valence-corrected chi connectivity index (χ4v) is 1.89. The first-order chi connectivity index (χ1) is 6.94. The van der Waals surface area contributed by atoms with Crippen LogP contribution < -0.4 is 0 Å². The zero-order chi connectivity index (χ0) is 11.6. The average molecular weight is 235 g/mol. The van der Waals surface area contributed by atoms with Crippen molar-refractivity contribution >= 4 is 12.6 Å². The normalized spacial score (nSPS) is 45.9. The number of aliphatic hydroxyl groups excluding tert-OH is 3. The van der Waals surface area contributed by atoms with Crippen molar-refractivity contribution in [1.29, 1.82) is 0 Å². The van der Waals surface area contributed by atoms with E-state index in [-0.39, 0.29) is 0 Å². The minimum absolute atomic E-state index is 0.447. The van der Waals surface area contributed by atoms with Crippen LogP contribution in [0.4, 0.5) is 0 Å². The molecule has 0 bridgehead atoms. The molecule has 3 N–H and O–H groups in total. The smallest absolute Gasteiger partial charge is 0.119 e. The van der Waals surface area contributed by atoms with Gasteiger partial charge in [0, 0.05) is 4.91 Å². The molecule has 1 aliphatic heterocycles. The lowest BCUT2D eigenvalue weighted by Gasteiger charge is -2.44. The number of rotatable bonds is 2. The van der Waals surface area contributed by atoms with Gasteiger partial charge in [-0.3, -0.25) is 0 Å². The summed E-state index contributed by atoms with van der Waals surface area (Å²) in [5, 5.41) is 31.4. The average Bonchev–Trinajstić information content (AvgIpc) is 2.18. The van der Waals surface area contributed by atoms with Crippen molar-refractivity contribution in [2.45, 2.75) is 36.2 Å². The summed E-state index contributed by atoms with van der Waals surface area (Å²) in [5.41, 5.74) is 8.30. The van der Waals surface area contributed by atoms with Crippen LogP contribution in [0.2, 0.25) is 0 Å². The number of thiol groups is 1. The van der Waals surface area contributed by atoms with Crippen molar-refractivity contribution in [1.82, 2.24) is 0 Å². The zero-order valence-corrected chi connectivity index (χ0v) is 8.95. The first-order valence-corrected chi connectivity index (χ1v) is 4.80. The van der Waals surface area contributed by atoms with Gasteiger partial charge in [-0.1, -0.05) is 5.11 Å². The van der Waals surface area contributed by atoms with E-state index in [1.165, 1.54) is 6.92 Å². The van der Waals surface area contributed by atoms with E-state index in [4.69, 9.17) is 15.4 Å². The fraction of sp³-hybridized carbons (Fsp3) is 1.00. The van der Waals surface area contributed by atoms with E-state index < -0.39 is 35.9 Å². The second kappa shape index (κ2) is 4.56. The van der Waals surface area contributed by atoms with Crippen molar-refractivity contribution in [3.8, 4) is 0 Å². The topological polar surface area (TPSA) is 119 Å². The van der Waals surface area contributed by atoms with E-state index in [9.17, 15) is 10.2 Å². The van der Waals surface area contributed by atoms with Crippen LogP contribution in [0.5, 0.6) is 0 Å². The lowest BCUT2D eigenvalue weighted by atomic mass is 9.94. The molecule has 1 aliphatic rings. The molecule has 0 amide bonds. The predicted molar refractivity (Wildman–Crippen MR) is 54.3 cm³/mol. The molecule has 0 unspecified atom stereocenters. The molecule has 8 heteroatoms. The zero-order valence-electron chi connectivity index (χ0n) is 8.06. The molecule has 0 radical (unpaired) electrons. The molecule has 0 aromatic carbocycles. The second-order valence-corrected chi connectivity index (χ2v) is 4.41. The highest BCUT2D eigenvalue weighted by atomic mass is 32.1. The van der Waals surface area contributed by atoms with Gasteiger partial charge in [0.05, 0.1) is 12.7 Å². The first kappa shape index (κ1) is 12.6. The highest BCUT2D eigenvalue weighted by Crippen LogP contribution is 2.34. The molecule has 7 nitrogen and oxygen atoms in total. The summed E-state index contributed by atoms with van der Waals surface area (Å²) in [6, 6.07) is -1.01. The van der Waals surface area contributed by atoms with Gasteiger partial charge in [0.15, 0.2) is 0 Å². The van der Waals surface area contributed by atoms with Gasteiger partial charge in [-0.2, -0.15) is 0 Å². The summed E-state index contributed by atoms with van der Waals surface area (Å²) in [7, 11) is 0. The van der Waals surface area contributed by atoms with Gasteiger partial charge in [-0.25, -0.2) is 0 Å². The Bertz CT molecular complexity index is 281.